The zero-order chi connectivity index (χ0) is 13.3. The molecule has 1 saturated heterocycles. The van der Waals surface area contributed by atoms with E-state index in [1.165, 1.54) is 5.56 Å². The lowest BCUT2D eigenvalue weighted by atomic mass is 10.1. The van der Waals surface area contributed by atoms with Crippen molar-refractivity contribution in [3.63, 3.8) is 0 Å². The molecule has 1 aromatic rings. The number of carbonyl (C=O) groups excluding carboxylic acids is 1. The number of urea groups is 1. The lowest BCUT2D eigenvalue weighted by molar-refractivity contribution is 0.217. The molecule has 18 heavy (non-hydrogen) atoms. The van der Waals surface area contributed by atoms with Crippen molar-refractivity contribution in [2.75, 3.05) is 25.0 Å². The van der Waals surface area contributed by atoms with Crippen LogP contribution in [0.25, 0.3) is 0 Å². The summed E-state index contributed by atoms with van der Waals surface area (Å²) in [5.74, 6) is 0. The first-order valence-electron chi connectivity index (χ1n) is 6.36. The number of nitrogens with two attached hydrogens (primary N) is 1. The maximum absolute atomic E-state index is 12.2. The molecule has 0 bridgehead atoms. The van der Waals surface area contributed by atoms with E-state index < -0.39 is 0 Å². The molecule has 2 amide bonds. The smallest absolute Gasteiger partial charge is 0.324 e. The Morgan fingerprint density at radius 3 is 2.72 bits per heavy atom. The van der Waals surface area contributed by atoms with Crippen LogP contribution in [-0.4, -0.2) is 37.1 Å². The van der Waals surface area contributed by atoms with Gasteiger partial charge in [0.15, 0.2) is 0 Å². The number of carbonyl (C=O) groups is 1. The number of hydrogen-bond acceptors (Lipinski definition) is 2. The average Bonchev–Trinajstić information content (AvgIpc) is 2.58. The molecule has 1 unspecified atom stereocenters. The summed E-state index contributed by atoms with van der Waals surface area (Å²) in [5, 5.41) is 0. The van der Waals surface area contributed by atoms with Crippen LogP contribution in [0.15, 0.2) is 18.2 Å². The molecule has 2 N–H and O–H groups in total. The Balaban J connectivity index is 2.26. The van der Waals surface area contributed by atoms with Gasteiger partial charge in [0.25, 0.3) is 0 Å². The van der Waals surface area contributed by atoms with Gasteiger partial charge in [0.05, 0.1) is 6.04 Å². The Morgan fingerprint density at radius 2 is 2.11 bits per heavy atom. The second kappa shape index (κ2) is 4.98. The van der Waals surface area contributed by atoms with Crippen molar-refractivity contribution in [2.24, 2.45) is 5.73 Å². The SMILES string of the molecule is Cc1ccc(N2CC(CCN)N(C)C2=O)c(C)c1. The van der Waals surface area contributed by atoms with Crippen LogP contribution < -0.4 is 10.6 Å². The van der Waals surface area contributed by atoms with E-state index in [0.29, 0.717) is 6.54 Å². The fourth-order valence-corrected chi connectivity index (χ4v) is 2.54. The maximum Gasteiger partial charge on any atom is 0.324 e. The van der Waals surface area contributed by atoms with Gasteiger partial charge in [-0.05, 0) is 38.4 Å². The summed E-state index contributed by atoms with van der Waals surface area (Å²) in [6.45, 7) is 5.46. The van der Waals surface area contributed by atoms with Crippen LogP contribution in [0.1, 0.15) is 17.5 Å². The average molecular weight is 247 g/mol. The van der Waals surface area contributed by atoms with Crippen molar-refractivity contribution in [2.45, 2.75) is 26.3 Å². The standard InChI is InChI=1S/C14H21N3O/c1-10-4-5-13(11(2)8-10)17-9-12(6-7-15)16(3)14(17)18/h4-5,8,12H,6-7,9,15H2,1-3H3. The predicted octanol–water partition coefficient (Wildman–Crippen LogP) is 1.89. The predicted molar refractivity (Wildman–Crippen MR) is 73.9 cm³/mol. The summed E-state index contributed by atoms with van der Waals surface area (Å²) in [4.78, 5) is 15.9. The number of nitrogens with zero attached hydrogens (tertiary/aromatic N) is 2. The van der Waals surface area contributed by atoms with Crippen LogP contribution >= 0.6 is 0 Å². The molecule has 2 rings (SSSR count). The summed E-state index contributed by atoms with van der Waals surface area (Å²) >= 11 is 0. The van der Waals surface area contributed by atoms with Gasteiger partial charge < -0.3 is 10.6 Å². The highest BCUT2D eigenvalue weighted by Gasteiger charge is 2.35. The Hall–Kier alpha value is -1.55. The molecule has 1 aliphatic heterocycles. The molecule has 1 heterocycles. The van der Waals surface area contributed by atoms with Gasteiger partial charge in [-0.1, -0.05) is 17.7 Å². The highest BCUT2D eigenvalue weighted by Crippen LogP contribution is 2.27. The number of likely N-dealkylation sites (N-methyl/N-ethyl adjacent to an activating group) is 1. The van der Waals surface area contributed by atoms with Gasteiger partial charge in [-0.25, -0.2) is 4.79 Å². The molecule has 1 aromatic carbocycles. The van der Waals surface area contributed by atoms with Crippen LogP contribution in [0.3, 0.4) is 0 Å². The molecular weight excluding hydrogens is 226 g/mol. The van der Waals surface area contributed by atoms with E-state index in [1.807, 2.05) is 31.0 Å². The van der Waals surface area contributed by atoms with Gasteiger partial charge in [-0.15, -0.1) is 0 Å². The lowest BCUT2D eigenvalue weighted by Gasteiger charge is -2.18. The van der Waals surface area contributed by atoms with Crippen molar-refractivity contribution in [1.82, 2.24) is 4.90 Å². The minimum Gasteiger partial charge on any atom is -0.330 e. The molecule has 0 spiro atoms. The Labute approximate surface area is 108 Å². The fourth-order valence-electron chi connectivity index (χ4n) is 2.54. The van der Waals surface area contributed by atoms with Crippen LogP contribution in [0, 0.1) is 13.8 Å². The highest BCUT2D eigenvalue weighted by molar-refractivity contribution is 5.95. The minimum atomic E-state index is 0.0698. The Bertz CT molecular complexity index is 458. The van der Waals surface area contributed by atoms with Crippen molar-refractivity contribution < 1.29 is 4.79 Å². The molecule has 1 aliphatic rings. The van der Waals surface area contributed by atoms with E-state index in [0.717, 1.165) is 24.2 Å². The molecule has 0 radical (unpaired) electrons. The quantitative estimate of drug-likeness (QED) is 0.886. The second-order valence-electron chi connectivity index (χ2n) is 5.03. The maximum atomic E-state index is 12.2. The first-order valence-corrected chi connectivity index (χ1v) is 6.36. The normalized spacial score (nSPS) is 19.8. The highest BCUT2D eigenvalue weighted by atomic mass is 16.2. The third-order valence-corrected chi connectivity index (χ3v) is 3.62. The van der Waals surface area contributed by atoms with E-state index >= 15 is 0 Å². The summed E-state index contributed by atoms with van der Waals surface area (Å²) < 4.78 is 0. The monoisotopic (exact) mass is 247 g/mol. The first kappa shape index (κ1) is 12.9. The zero-order valence-electron chi connectivity index (χ0n) is 11.3. The van der Waals surface area contributed by atoms with E-state index in [2.05, 4.69) is 13.0 Å². The topological polar surface area (TPSA) is 49.6 Å². The van der Waals surface area contributed by atoms with Crippen molar-refractivity contribution in [1.29, 1.82) is 0 Å². The molecule has 1 fully saturated rings. The molecule has 0 aliphatic carbocycles. The molecule has 4 nitrogen and oxygen atoms in total. The number of hydrogen-bond donors (Lipinski definition) is 1. The van der Waals surface area contributed by atoms with E-state index in [1.54, 1.807) is 4.90 Å². The molecule has 98 valence electrons. The fraction of sp³-hybridized carbons (Fsp3) is 0.500. The minimum absolute atomic E-state index is 0.0698. The van der Waals surface area contributed by atoms with Gasteiger partial charge in [-0.3, -0.25) is 4.90 Å². The van der Waals surface area contributed by atoms with Crippen molar-refractivity contribution >= 4 is 11.7 Å². The second-order valence-corrected chi connectivity index (χ2v) is 5.03. The third-order valence-electron chi connectivity index (χ3n) is 3.62. The van der Waals surface area contributed by atoms with Crippen LogP contribution in [0.4, 0.5) is 10.5 Å². The van der Waals surface area contributed by atoms with Gasteiger partial charge >= 0.3 is 6.03 Å². The summed E-state index contributed by atoms with van der Waals surface area (Å²) in [6, 6.07) is 6.48. The molecule has 1 atom stereocenters. The summed E-state index contributed by atoms with van der Waals surface area (Å²) in [6.07, 6.45) is 0.851. The Morgan fingerprint density at radius 1 is 1.39 bits per heavy atom. The number of rotatable bonds is 3. The van der Waals surface area contributed by atoms with Crippen molar-refractivity contribution in [3.8, 4) is 0 Å². The van der Waals surface area contributed by atoms with Gasteiger partial charge in [-0.2, -0.15) is 0 Å². The first-order chi connectivity index (χ1) is 8.54. The summed E-state index contributed by atoms with van der Waals surface area (Å²) in [7, 11) is 1.85. The number of anilines is 1. The van der Waals surface area contributed by atoms with Gasteiger partial charge in [0, 0.05) is 19.3 Å². The molecule has 0 aromatic heterocycles. The number of amides is 2. The van der Waals surface area contributed by atoms with Crippen LogP contribution in [0.2, 0.25) is 0 Å². The van der Waals surface area contributed by atoms with Crippen molar-refractivity contribution in [3.05, 3.63) is 29.3 Å². The summed E-state index contributed by atoms with van der Waals surface area (Å²) in [5.41, 5.74) is 8.97. The molecule has 0 saturated carbocycles. The lowest BCUT2D eigenvalue weighted by Crippen LogP contribution is -2.32. The van der Waals surface area contributed by atoms with Crippen LogP contribution in [0.5, 0.6) is 0 Å². The number of benzene rings is 1. The Kier molecular flexibility index (Phi) is 3.57. The van der Waals surface area contributed by atoms with Gasteiger partial charge in [0.1, 0.15) is 0 Å². The molecular formula is C14H21N3O. The van der Waals surface area contributed by atoms with Crippen LogP contribution in [-0.2, 0) is 0 Å². The van der Waals surface area contributed by atoms with E-state index in [9.17, 15) is 4.79 Å². The van der Waals surface area contributed by atoms with E-state index in [-0.39, 0.29) is 12.1 Å². The largest absolute Gasteiger partial charge is 0.330 e. The van der Waals surface area contributed by atoms with Gasteiger partial charge in [0.2, 0.25) is 0 Å². The zero-order valence-corrected chi connectivity index (χ0v) is 11.3. The molecule has 4 heteroatoms. The third kappa shape index (κ3) is 2.20. The van der Waals surface area contributed by atoms with E-state index in [4.69, 9.17) is 5.73 Å². The number of aryl methyl sites for hydroxylation is 2.